The summed E-state index contributed by atoms with van der Waals surface area (Å²) in [5, 5.41) is 28.1. The van der Waals surface area contributed by atoms with Crippen LogP contribution in [0.4, 0.5) is 22.7 Å². The number of anilines is 2. The fourth-order valence-corrected chi connectivity index (χ4v) is 3.10. The largest absolute Gasteiger partial charge is 0.348 e. The second-order valence-corrected chi connectivity index (χ2v) is 5.86. The third kappa shape index (κ3) is 2.78. The summed E-state index contributed by atoms with van der Waals surface area (Å²) >= 11 is 0. The van der Waals surface area contributed by atoms with E-state index in [9.17, 15) is 20.2 Å². The number of nitrogens with one attached hydrogen (secondary N) is 1. The molecule has 1 heterocycles. The molecule has 0 saturated heterocycles. The van der Waals surface area contributed by atoms with E-state index in [1.165, 1.54) is 12.3 Å². The van der Waals surface area contributed by atoms with Crippen molar-refractivity contribution in [3.05, 3.63) is 87.1 Å². The van der Waals surface area contributed by atoms with Crippen molar-refractivity contribution in [2.75, 3.05) is 5.32 Å². The monoisotopic (exact) mass is 360 g/mol. The number of nitro benzene ring substituents is 2. The Labute approximate surface area is 152 Å². The van der Waals surface area contributed by atoms with Gasteiger partial charge >= 0.3 is 5.69 Å². The van der Waals surface area contributed by atoms with Crippen LogP contribution in [0.15, 0.2) is 66.9 Å². The Balaban J connectivity index is 2.01. The van der Waals surface area contributed by atoms with Crippen molar-refractivity contribution in [2.45, 2.75) is 0 Å². The Morgan fingerprint density at radius 3 is 2.30 bits per heavy atom. The van der Waals surface area contributed by atoms with Crippen molar-refractivity contribution >= 4 is 44.4 Å². The van der Waals surface area contributed by atoms with Crippen LogP contribution >= 0.6 is 0 Å². The Bertz CT molecular complexity index is 1220. The minimum atomic E-state index is -0.644. The van der Waals surface area contributed by atoms with Gasteiger partial charge in [0.05, 0.1) is 21.3 Å². The fourth-order valence-electron chi connectivity index (χ4n) is 3.10. The number of aromatic nitrogens is 1. The molecule has 0 aliphatic rings. The van der Waals surface area contributed by atoms with Gasteiger partial charge in [-0.25, -0.2) is 0 Å². The molecular formula is C19H12N4O4. The number of nitro groups is 2. The summed E-state index contributed by atoms with van der Waals surface area (Å²) in [7, 11) is 0. The summed E-state index contributed by atoms with van der Waals surface area (Å²) in [4.78, 5) is 25.9. The van der Waals surface area contributed by atoms with E-state index >= 15 is 0 Å². The molecule has 0 aliphatic carbocycles. The lowest BCUT2D eigenvalue weighted by atomic mass is 10.1. The maximum atomic E-state index is 11.6. The highest BCUT2D eigenvalue weighted by atomic mass is 16.6. The SMILES string of the molecule is O=[N+]([O-])c1cc([N+](=O)[O-])c2cccnc2c1Nc1cccc2ccccc12. The lowest BCUT2D eigenvalue weighted by molar-refractivity contribution is -0.392. The summed E-state index contributed by atoms with van der Waals surface area (Å²) < 4.78 is 0. The number of rotatable bonds is 4. The Morgan fingerprint density at radius 2 is 1.52 bits per heavy atom. The molecule has 0 unspecified atom stereocenters. The lowest BCUT2D eigenvalue weighted by Gasteiger charge is -2.12. The first-order valence-electron chi connectivity index (χ1n) is 8.01. The number of fused-ring (bicyclic) bond motifs is 2. The zero-order chi connectivity index (χ0) is 19.0. The quantitative estimate of drug-likeness (QED) is 0.407. The van der Waals surface area contributed by atoms with E-state index in [1.807, 2.05) is 36.4 Å². The topological polar surface area (TPSA) is 111 Å². The van der Waals surface area contributed by atoms with Crippen LogP contribution in [-0.2, 0) is 0 Å². The van der Waals surface area contributed by atoms with Crippen LogP contribution in [0.25, 0.3) is 21.7 Å². The van der Waals surface area contributed by atoms with Gasteiger partial charge in [-0.1, -0.05) is 36.4 Å². The normalized spacial score (nSPS) is 10.8. The van der Waals surface area contributed by atoms with Gasteiger partial charge in [0.1, 0.15) is 11.2 Å². The highest BCUT2D eigenvalue weighted by Crippen LogP contribution is 2.40. The van der Waals surface area contributed by atoms with Gasteiger partial charge in [-0.15, -0.1) is 0 Å². The highest BCUT2D eigenvalue weighted by Gasteiger charge is 2.26. The molecular weight excluding hydrogens is 348 g/mol. The number of benzene rings is 3. The van der Waals surface area contributed by atoms with Crippen molar-refractivity contribution in [1.82, 2.24) is 4.98 Å². The summed E-state index contributed by atoms with van der Waals surface area (Å²) in [6.07, 6.45) is 1.45. The van der Waals surface area contributed by atoms with Crippen LogP contribution in [0.5, 0.6) is 0 Å². The van der Waals surface area contributed by atoms with E-state index < -0.39 is 15.5 Å². The van der Waals surface area contributed by atoms with Crippen LogP contribution < -0.4 is 5.32 Å². The van der Waals surface area contributed by atoms with Crippen molar-refractivity contribution in [2.24, 2.45) is 0 Å². The first kappa shape index (κ1) is 16.4. The number of nitrogens with zero attached hydrogens (tertiary/aromatic N) is 3. The Morgan fingerprint density at radius 1 is 0.815 bits per heavy atom. The Hall–Kier alpha value is -4.07. The molecule has 1 N–H and O–H groups in total. The standard InChI is InChI=1S/C19H12N4O4/c24-22(25)16-11-17(23(26)27)19(18-14(16)8-4-10-20-18)21-15-9-3-6-12-5-1-2-7-13(12)15/h1-11,21H. The van der Waals surface area contributed by atoms with Crippen LogP contribution in [0.3, 0.4) is 0 Å². The number of non-ortho nitro benzene ring substituents is 1. The van der Waals surface area contributed by atoms with Crippen molar-refractivity contribution < 1.29 is 9.85 Å². The third-order valence-electron chi connectivity index (χ3n) is 4.29. The molecule has 0 spiro atoms. The second kappa shape index (κ2) is 6.34. The lowest BCUT2D eigenvalue weighted by Crippen LogP contribution is -2.02. The summed E-state index contributed by atoms with van der Waals surface area (Å²) in [5.41, 5.74) is 0.190. The second-order valence-electron chi connectivity index (χ2n) is 5.86. The average molecular weight is 360 g/mol. The van der Waals surface area contributed by atoms with Crippen LogP contribution in [0, 0.1) is 20.2 Å². The molecule has 4 rings (SSSR count). The molecule has 0 fully saturated rings. The molecule has 0 atom stereocenters. The van der Waals surface area contributed by atoms with Gasteiger partial charge in [-0.05, 0) is 23.6 Å². The molecule has 8 heteroatoms. The minimum absolute atomic E-state index is 0.123. The van der Waals surface area contributed by atoms with Crippen molar-refractivity contribution in [1.29, 1.82) is 0 Å². The zero-order valence-corrected chi connectivity index (χ0v) is 13.8. The molecule has 0 aliphatic heterocycles. The van der Waals surface area contributed by atoms with Gasteiger partial charge < -0.3 is 5.32 Å². The Kier molecular flexibility index (Phi) is 3.85. The smallest absolute Gasteiger partial charge is 0.301 e. The molecule has 132 valence electrons. The van der Waals surface area contributed by atoms with Gasteiger partial charge in [0.15, 0.2) is 0 Å². The number of hydrogen-bond donors (Lipinski definition) is 1. The predicted molar refractivity (Wildman–Crippen MR) is 102 cm³/mol. The molecule has 4 aromatic rings. The van der Waals surface area contributed by atoms with Gasteiger partial charge in [-0.3, -0.25) is 25.2 Å². The first-order valence-corrected chi connectivity index (χ1v) is 8.01. The van der Waals surface area contributed by atoms with Crippen LogP contribution in [0.1, 0.15) is 0 Å². The minimum Gasteiger partial charge on any atom is -0.348 e. The van der Waals surface area contributed by atoms with E-state index in [0.717, 1.165) is 16.8 Å². The fraction of sp³-hybridized carbons (Fsp3) is 0. The third-order valence-corrected chi connectivity index (χ3v) is 4.29. The maximum absolute atomic E-state index is 11.6. The summed E-state index contributed by atoms with van der Waals surface area (Å²) in [5.74, 6) is 0. The molecule has 3 aromatic carbocycles. The van der Waals surface area contributed by atoms with Gasteiger partial charge in [0, 0.05) is 17.3 Å². The molecule has 0 saturated carbocycles. The molecule has 0 bridgehead atoms. The first-order chi connectivity index (χ1) is 13.1. The van der Waals surface area contributed by atoms with Gasteiger partial charge in [0.2, 0.25) is 0 Å². The van der Waals surface area contributed by atoms with E-state index in [0.29, 0.717) is 5.69 Å². The van der Waals surface area contributed by atoms with Crippen molar-refractivity contribution in [3.8, 4) is 0 Å². The maximum Gasteiger partial charge on any atom is 0.301 e. The van der Waals surface area contributed by atoms with E-state index in [2.05, 4.69) is 10.3 Å². The van der Waals surface area contributed by atoms with E-state index in [4.69, 9.17) is 0 Å². The molecule has 8 nitrogen and oxygen atoms in total. The van der Waals surface area contributed by atoms with Gasteiger partial charge in [-0.2, -0.15) is 0 Å². The average Bonchev–Trinajstić information content (AvgIpc) is 2.68. The number of pyridine rings is 1. The van der Waals surface area contributed by atoms with Crippen LogP contribution in [-0.4, -0.2) is 14.8 Å². The zero-order valence-electron chi connectivity index (χ0n) is 13.8. The van der Waals surface area contributed by atoms with E-state index in [1.54, 1.807) is 12.1 Å². The summed E-state index contributed by atoms with van der Waals surface area (Å²) in [6.45, 7) is 0. The van der Waals surface area contributed by atoms with Crippen molar-refractivity contribution in [3.63, 3.8) is 0 Å². The van der Waals surface area contributed by atoms with Crippen LogP contribution in [0.2, 0.25) is 0 Å². The number of hydrogen-bond acceptors (Lipinski definition) is 6. The summed E-state index contributed by atoms with van der Waals surface area (Å²) in [6, 6.07) is 17.2. The van der Waals surface area contributed by atoms with E-state index in [-0.39, 0.29) is 22.3 Å². The predicted octanol–water partition coefficient (Wildman–Crippen LogP) is 4.95. The molecule has 1 aromatic heterocycles. The molecule has 0 radical (unpaired) electrons. The molecule has 27 heavy (non-hydrogen) atoms. The van der Waals surface area contributed by atoms with Gasteiger partial charge in [0.25, 0.3) is 5.69 Å². The highest BCUT2D eigenvalue weighted by molar-refractivity contribution is 6.05. The molecule has 0 amide bonds.